The molecule has 0 atom stereocenters. The van der Waals surface area contributed by atoms with Gasteiger partial charge in [-0.1, -0.05) is 6.42 Å². The maximum atomic E-state index is 13.3. The third-order valence-corrected chi connectivity index (χ3v) is 6.94. The van der Waals surface area contributed by atoms with Crippen molar-refractivity contribution in [3.8, 4) is 0 Å². The Morgan fingerprint density at radius 3 is 2.39 bits per heavy atom. The molecule has 0 aromatic heterocycles. The molecule has 1 aliphatic rings. The van der Waals surface area contributed by atoms with Crippen molar-refractivity contribution in [2.75, 3.05) is 49.3 Å². The Bertz CT molecular complexity index is 1050. The SMILES string of the molecule is CN(C)c1ccc(S(=O)(=O)N2CCCCC2)cc1NCC(=O)Nc1ccc(F)c(F)c1. The van der Waals surface area contributed by atoms with Crippen LogP contribution in [-0.2, 0) is 14.8 Å². The second kappa shape index (κ2) is 9.61. The summed E-state index contributed by atoms with van der Waals surface area (Å²) in [5, 5.41) is 5.43. The van der Waals surface area contributed by atoms with Crippen LogP contribution in [0, 0.1) is 11.6 Å². The molecule has 0 saturated carbocycles. The molecule has 31 heavy (non-hydrogen) atoms. The molecular formula is C21H26F2N4O3S. The highest BCUT2D eigenvalue weighted by Crippen LogP contribution is 2.30. The minimum Gasteiger partial charge on any atom is -0.376 e. The first-order valence-electron chi connectivity index (χ1n) is 9.99. The van der Waals surface area contributed by atoms with Gasteiger partial charge >= 0.3 is 0 Å². The standard InChI is InChI=1S/C21H26F2N4O3S/c1-26(2)20-9-7-16(31(29,30)27-10-4-3-5-11-27)13-19(20)24-14-21(28)25-15-6-8-17(22)18(23)12-15/h6-9,12-13,24H,3-5,10-11,14H2,1-2H3,(H,25,28). The Morgan fingerprint density at radius 2 is 1.74 bits per heavy atom. The van der Waals surface area contributed by atoms with Crippen LogP contribution < -0.4 is 15.5 Å². The molecule has 2 aromatic carbocycles. The quantitative estimate of drug-likeness (QED) is 0.674. The molecule has 3 rings (SSSR count). The molecule has 1 saturated heterocycles. The molecule has 1 heterocycles. The average Bonchev–Trinajstić information content (AvgIpc) is 2.75. The van der Waals surface area contributed by atoms with E-state index in [0.717, 1.165) is 31.4 Å². The van der Waals surface area contributed by atoms with Crippen molar-refractivity contribution < 1.29 is 22.0 Å². The number of carbonyl (C=O) groups is 1. The highest BCUT2D eigenvalue weighted by molar-refractivity contribution is 7.89. The minimum atomic E-state index is -3.63. The van der Waals surface area contributed by atoms with E-state index in [1.165, 1.54) is 16.4 Å². The van der Waals surface area contributed by atoms with Crippen molar-refractivity contribution in [2.45, 2.75) is 24.2 Å². The van der Waals surface area contributed by atoms with Gasteiger partial charge in [-0.15, -0.1) is 0 Å². The van der Waals surface area contributed by atoms with Crippen molar-refractivity contribution in [3.63, 3.8) is 0 Å². The molecule has 0 aliphatic carbocycles. The van der Waals surface area contributed by atoms with Gasteiger partial charge in [-0.3, -0.25) is 4.79 Å². The molecule has 0 bridgehead atoms. The topological polar surface area (TPSA) is 81.8 Å². The Hall–Kier alpha value is -2.72. The zero-order chi connectivity index (χ0) is 22.6. The summed E-state index contributed by atoms with van der Waals surface area (Å²) < 4.78 is 53.8. The number of hydrogen-bond donors (Lipinski definition) is 2. The van der Waals surface area contributed by atoms with E-state index in [1.54, 1.807) is 31.1 Å². The molecule has 1 aliphatic heterocycles. The number of benzene rings is 2. The van der Waals surface area contributed by atoms with Gasteiger partial charge in [-0.25, -0.2) is 17.2 Å². The van der Waals surface area contributed by atoms with Gasteiger partial charge < -0.3 is 15.5 Å². The Labute approximate surface area is 181 Å². The number of piperidine rings is 1. The van der Waals surface area contributed by atoms with Crippen LogP contribution in [0.2, 0.25) is 0 Å². The summed E-state index contributed by atoms with van der Waals surface area (Å²) in [5.41, 5.74) is 1.31. The lowest BCUT2D eigenvalue weighted by Gasteiger charge is -2.27. The predicted octanol–water partition coefficient (Wildman–Crippen LogP) is 3.26. The largest absolute Gasteiger partial charge is 0.376 e. The van der Waals surface area contributed by atoms with Crippen LogP contribution in [0.25, 0.3) is 0 Å². The lowest BCUT2D eigenvalue weighted by molar-refractivity contribution is -0.114. The first kappa shape index (κ1) is 23.0. The Kier molecular flexibility index (Phi) is 7.11. The van der Waals surface area contributed by atoms with Gasteiger partial charge in [0.05, 0.1) is 22.8 Å². The highest BCUT2D eigenvalue weighted by atomic mass is 32.2. The third kappa shape index (κ3) is 5.50. The van der Waals surface area contributed by atoms with Crippen LogP contribution in [0.3, 0.4) is 0 Å². The number of carbonyl (C=O) groups excluding carboxylic acids is 1. The monoisotopic (exact) mass is 452 g/mol. The number of sulfonamides is 1. The minimum absolute atomic E-state index is 0.125. The summed E-state index contributed by atoms with van der Waals surface area (Å²) in [4.78, 5) is 14.2. The fourth-order valence-corrected chi connectivity index (χ4v) is 4.96. The summed E-state index contributed by atoms with van der Waals surface area (Å²) in [6.45, 7) is 0.807. The molecule has 1 amide bonds. The van der Waals surface area contributed by atoms with Crippen molar-refractivity contribution in [1.82, 2.24) is 4.31 Å². The van der Waals surface area contributed by atoms with Crippen molar-refractivity contribution in [1.29, 1.82) is 0 Å². The van der Waals surface area contributed by atoms with Gasteiger partial charge in [0.25, 0.3) is 0 Å². The van der Waals surface area contributed by atoms with E-state index < -0.39 is 27.6 Å². The van der Waals surface area contributed by atoms with E-state index in [2.05, 4.69) is 10.6 Å². The molecule has 0 spiro atoms. The summed E-state index contributed by atoms with van der Waals surface area (Å²) in [6, 6.07) is 7.84. The Morgan fingerprint density at radius 1 is 1.03 bits per heavy atom. The van der Waals surface area contributed by atoms with E-state index in [4.69, 9.17) is 0 Å². The van der Waals surface area contributed by atoms with Gasteiger partial charge in [0, 0.05) is 38.9 Å². The van der Waals surface area contributed by atoms with Crippen LogP contribution in [0.1, 0.15) is 19.3 Å². The van der Waals surface area contributed by atoms with E-state index in [0.29, 0.717) is 24.5 Å². The fraction of sp³-hybridized carbons (Fsp3) is 0.381. The smallest absolute Gasteiger partial charge is 0.243 e. The van der Waals surface area contributed by atoms with Crippen LogP contribution in [0.4, 0.5) is 25.8 Å². The molecule has 2 N–H and O–H groups in total. The van der Waals surface area contributed by atoms with Gasteiger partial charge in [0.1, 0.15) is 0 Å². The first-order chi connectivity index (χ1) is 14.7. The third-order valence-electron chi connectivity index (χ3n) is 5.05. The molecule has 10 heteroatoms. The van der Waals surface area contributed by atoms with Crippen LogP contribution in [-0.4, -0.2) is 52.4 Å². The fourth-order valence-electron chi connectivity index (χ4n) is 3.42. The second-order valence-electron chi connectivity index (χ2n) is 7.57. The van der Waals surface area contributed by atoms with E-state index in [-0.39, 0.29) is 17.1 Å². The summed E-state index contributed by atoms with van der Waals surface area (Å²) in [6.07, 6.45) is 2.69. The van der Waals surface area contributed by atoms with E-state index >= 15 is 0 Å². The zero-order valence-electron chi connectivity index (χ0n) is 17.5. The van der Waals surface area contributed by atoms with Gasteiger partial charge in [0.15, 0.2) is 11.6 Å². The van der Waals surface area contributed by atoms with Crippen molar-refractivity contribution in [2.24, 2.45) is 0 Å². The van der Waals surface area contributed by atoms with Crippen LogP contribution in [0.5, 0.6) is 0 Å². The number of anilines is 3. The number of halogens is 2. The predicted molar refractivity (Wildman–Crippen MR) is 117 cm³/mol. The van der Waals surface area contributed by atoms with Crippen molar-refractivity contribution >= 4 is 33.0 Å². The number of nitrogens with one attached hydrogen (secondary N) is 2. The highest BCUT2D eigenvalue weighted by Gasteiger charge is 2.26. The zero-order valence-corrected chi connectivity index (χ0v) is 18.3. The van der Waals surface area contributed by atoms with Crippen LogP contribution >= 0.6 is 0 Å². The normalized spacial score (nSPS) is 14.8. The Balaban J connectivity index is 1.76. The van der Waals surface area contributed by atoms with E-state index in [9.17, 15) is 22.0 Å². The summed E-state index contributed by atoms with van der Waals surface area (Å²) >= 11 is 0. The molecular weight excluding hydrogens is 426 g/mol. The molecule has 168 valence electrons. The molecule has 2 aromatic rings. The maximum absolute atomic E-state index is 13.3. The van der Waals surface area contributed by atoms with Crippen LogP contribution in [0.15, 0.2) is 41.3 Å². The number of amides is 1. The number of nitrogens with zero attached hydrogens (tertiary/aromatic N) is 2. The molecule has 1 fully saturated rings. The van der Waals surface area contributed by atoms with E-state index in [1.807, 2.05) is 0 Å². The lowest BCUT2D eigenvalue weighted by Crippen LogP contribution is -2.35. The van der Waals surface area contributed by atoms with Gasteiger partial charge in [0.2, 0.25) is 15.9 Å². The first-order valence-corrected chi connectivity index (χ1v) is 11.4. The summed E-state index contributed by atoms with van der Waals surface area (Å²) in [5.74, 6) is -2.55. The van der Waals surface area contributed by atoms with Crippen molar-refractivity contribution in [3.05, 3.63) is 48.0 Å². The second-order valence-corrected chi connectivity index (χ2v) is 9.51. The molecule has 7 nitrogen and oxygen atoms in total. The number of rotatable bonds is 7. The maximum Gasteiger partial charge on any atom is 0.243 e. The molecule has 0 radical (unpaired) electrons. The van der Waals surface area contributed by atoms with Gasteiger partial charge in [-0.2, -0.15) is 4.31 Å². The summed E-state index contributed by atoms with van der Waals surface area (Å²) in [7, 11) is -0.0134. The average molecular weight is 453 g/mol. The number of hydrogen-bond acceptors (Lipinski definition) is 5. The molecule has 0 unspecified atom stereocenters. The van der Waals surface area contributed by atoms with Gasteiger partial charge in [-0.05, 0) is 43.2 Å². The lowest BCUT2D eigenvalue weighted by atomic mass is 10.2.